The van der Waals surface area contributed by atoms with Crippen LogP contribution >= 0.6 is 0 Å². The fourth-order valence-corrected chi connectivity index (χ4v) is 4.00. The quantitative estimate of drug-likeness (QED) is 0.616. The van der Waals surface area contributed by atoms with E-state index in [2.05, 4.69) is 5.10 Å². The third-order valence-electron chi connectivity index (χ3n) is 5.30. The lowest BCUT2D eigenvalue weighted by Gasteiger charge is -2.29. The second kappa shape index (κ2) is 6.50. The van der Waals surface area contributed by atoms with Gasteiger partial charge in [0.05, 0.1) is 23.8 Å². The van der Waals surface area contributed by atoms with E-state index in [0.717, 1.165) is 35.4 Å². The third kappa shape index (κ3) is 2.85. The molecule has 1 heterocycles. The van der Waals surface area contributed by atoms with Crippen molar-refractivity contribution in [2.24, 2.45) is 11.0 Å². The summed E-state index contributed by atoms with van der Waals surface area (Å²) in [6, 6.07) is 12.1. The van der Waals surface area contributed by atoms with E-state index in [4.69, 9.17) is 4.74 Å². The van der Waals surface area contributed by atoms with Crippen LogP contribution in [0.15, 0.2) is 47.6 Å². The lowest BCUT2D eigenvalue weighted by Crippen LogP contribution is -2.31. The molecule has 1 aliphatic heterocycles. The first-order valence-corrected chi connectivity index (χ1v) is 8.79. The number of hydrogen-bond acceptors (Lipinski definition) is 5. The summed E-state index contributed by atoms with van der Waals surface area (Å²) in [5.74, 6) is 0.657. The SMILES string of the molecule is COc1ccc2c(c1)C1=NN(C(C)=O)[C@@H](c3ccc([N+](=O)[O-])cc3)[C@@H]1CC2. The number of aryl methyl sites for hydroxylation is 1. The molecule has 2 aromatic carbocycles. The first-order valence-electron chi connectivity index (χ1n) is 8.79. The Morgan fingerprint density at radius 2 is 2.00 bits per heavy atom. The van der Waals surface area contributed by atoms with Crippen molar-refractivity contribution in [2.75, 3.05) is 7.11 Å². The monoisotopic (exact) mass is 365 g/mol. The molecule has 2 atom stereocenters. The largest absolute Gasteiger partial charge is 0.497 e. The molecular weight excluding hydrogens is 346 g/mol. The van der Waals surface area contributed by atoms with Gasteiger partial charge in [0, 0.05) is 30.5 Å². The highest BCUT2D eigenvalue weighted by Gasteiger charge is 2.43. The number of hydrazone groups is 1. The molecule has 0 spiro atoms. The van der Waals surface area contributed by atoms with Crippen LogP contribution in [-0.4, -0.2) is 28.7 Å². The van der Waals surface area contributed by atoms with Crippen molar-refractivity contribution in [3.8, 4) is 5.75 Å². The zero-order valence-corrected chi connectivity index (χ0v) is 15.1. The molecule has 1 amide bonds. The fourth-order valence-electron chi connectivity index (χ4n) is 4.00. The van der Waals surface area contributed by atoms with Gasteiger partial charge in [0.25, 0.3) is 5.69 Å². The predicted molar refractivity (Wildman–Crippen MR) is 99.7 cm³/mol. The van der Waals surface area contributed by atoms with Gasteiger partial charge in [0.15, 0.2) is 0 Å². The molecule has 0 saturated carbocycles. The van der Waals surface area contributed by atoms with Crippen LogP contribution in [0.5, 0.6) is 5.75 Å². The van der Waals surface area contributed by atoms with Crippen molar-refractivity contribution in [2.45, 2.75) is 25.8 Å². The number of rotatable bonds is 3. The highest BCUT2D eigenvalue weighted by molar-refractivity contribution is 6.07. The molecule has 0 saturated heterocycles. The lowest BCUT2D eigenvalue weighted by atomic mass is 9.77. The van der Waals surface area contributed by atoms with E-state index in [-0.39, 0.29) is 23.6 Å². The molecule has 0 radical (unpaired) electrons. The van der Waals surface area contributed by atoms with Gasteiger partial charge in [-0.05, 0) is 36.1 Å². The van der Waals surface area contributed by atoms with Gasteiger partial charge in [-0.3, -0.25) is 14.9 Å². The predicted octanol–water partition coefficient (Wildman–Crippen LogP) is 3.47. The standard InChI is InChI=1S/C20H19N3O4/c1-12(24)22-20(14-3-7-15(8-4-14)23(25)26)17-10-6-13-5-9-16(27-2)11-18(13)19(17)21-22/h3-5,7-9,11,17,20H,6,10H2,1-2H3/t17-,20+/m1/s1. The number of ether oxygens (including phenoxy) is 1. The van der Waals surface area contributed by atoms with Gasteiger partial charge in [-0.2, -0.15) is 5.10 Å². The first-order chi connectivity index (χ1) is 13.0. The molecule has 2 aliphatic rings. The number of fused-ring (bicyclic) bond motifs is 3. The van der Waals surface area contributed by atoms with Crippen molar-refractivity contribution in [1.29, 1.82) is 0 Å². The molecular formula is C20H19N3O4. The van der Waals surface area contributed by atoms with E-state index in [1.807, 2.05) is 18.2 Å². The minimum absolute atomic E-state index is 0.0333. The Morgan fingerprint density at radius 1 is 1.26 bits per heavy atom. The number of methoxy groups -OCH3 is 1. The summed E-state index contributed by atoms with van der Waals surface area (Å²) in [6.45, 7) is 1.49. The van der Waals surface area contributed by atoms with Crippen LogP contribution in [-0.2, 0) is 11.2 Å². The molecule has 0 aromatic heterocycles. The van der Waals surface area contributed by atoms with Gasteiger partial charge < -0.3 is 4.74 Å². The summed E-state index contributed by atoms with van der Waals surface area (Å²) in [6.07, 6.45) is 1.75. The number of carbonyl (C=O) groups excluding carboxylic acids is 1. The summed E-state index contributed by atoms with van der Waals surface area (Å²) in [4.78, 5) is 22.8. The number of nitrogens with zero attached hydrogens (tertiary/aromatic N) is 3. The van der Waals surface area contributed by atoms with Crippen LogP contribution in [0.4, 0.5) is 5.69 Å². The fraction of sp³-hybridized carbons (Fsp3) is 0.300. The number of non-ortho nitro benzene ring substituents is 1. The number of benzene rings is 2. The molecule has 2 aromatic rings. The molecule has 138 valence electrons. The minimum Gasteiger partial charge on any atom is -0.497 e. The van der Waals surface area contributed by atoms with Gasteiger partial charge in [0.2, 0.25) is 5.91 Å². The maximum Gasteiger partial charge on any atom is 0.269 e. The molecule has 0 N–H and O–H groups in total. The summed E-state index contributed by atoms with van der Waals surface area (Å²) in [7, 11) is 1.63. The topological polar surface area (TPSA) is 85.0 Å². The van der Waals surface area contributed by atoms with E-state index in [1.54, 1.807) is 19.2 Å². The summed E-state index contributed by atoms with van der Waals surface area (Å²) in [5, 5.41) is 17.1. The molecule has 27 heavy (non-hydrogen) atoms. The van der Waals surface area contributed by atoms with Gasteiger partial charge in [-0.15, -0.1) is 0 Å². The van der Waals surface area contributed by atoms with Crippen molar-refractivity contribution in [1.82, 2.24) is 5.01 Å². The Hall–Kier alpha value is -3.22. The summed E-state index contributed by atoms with van der Waals surface area (Å²) < 4.78 is 5.35. The normalized spacial score (nSPS) is 20.5. The Labute approximate surface area is 156 Å². The van der Waals surface area contributed by atoms with Crippen molar-refractivity contribution in [3.05, 3.63) is 69.3 Å². The van der Waals surface area contributed by atoms with E-state index in [1.165, 1.54) is 29.6 Å². The molecule has 4 rings (SSSR count). The molecule has 0 fully saturated rings. The highest BCUT2D eigenvalue weighted by atomic mass is 16.6. The maximum absolute atomic E-state index is 12.3. The molecule has 7 heteroatoms. The zero-order chi connectivity index (χ0) is 19.1. The van der Waals surface area contributed by atoms with Gasteiger partial charge in [-0.25, -0.2) is 5.01 Å². The Morgan fingerprint density at radius 3 is 2.63 bits per heavy atom. The second-order valence-electron chi connectivity index (χ2n) is 6.81. The highest BCUT2D eigenvalue weighted by Crippen LogP contribution is 2.44. The molecule has 0 unspecified atom stereocenters. The van der Waals surface area contributed by atoms with E-state index in [0.29, 0.717) is 0 Å². The van der Waals surface area contributed by atoms with E-state index in [9.17, 15) is 14.9 Å². The van der Waals surface area contributed by atoms with Gasteiger partial charge in [0.1, 0.15) is 5.75 Å². The Balaban J connectivity index is 1.76. The average molecular weight is 365 g/mol. The van der Waals surface area contributed by atoms with Crippen LogP contribution in [0.25, 0.3) is 0 Å². The van der Waals surface area contributed by atoms with Crippen LogP contribution in [0, 0.1) is 16.0 Å². The van der Waals surface area contributed by atoms with Crippen molar-refractivity contribution >= 4 is 17.3 Å². The molecule has 1 aliphatic carbocycles. The number of nitro groups is 1. The number of nitro benzene ring substituents is 1. The third-order valence-corrected chi connectivity index (χ3v) is 5.30. The Bertz CT molecular complexity index is 952. The van der Waals surface area contributed by atoms with Crippen LogP contribution in [0.3, 0.4) is 0 Å². The average Bonchev–Trinajstić information content (AvgIpc) is 3.08. The molecule has 0 bridgehead atoms. The maximum atomic E-state index is 12.3. The summed E-state index contributed by atoms with van der Waals surface area (Å²) in [5.41, 5.74) is 3.98. The number of hydrogen-bond donors (Lipinski definition) is 0. The zero-order valence-electron chi connectivity index (χ0n) is 15.1. The Kier molecular flexibility index (Phi) is 4.14. The minimum atomic E-state index is -0.424. The van der Waals surface area contributed by atoms with Crippen LogP contribution < -0.4 is 4.74 Å². The molecule has 7 nitrogen and oxygen atoms in total. The van der Waals surface area contributed by atoms with Crippen LogP contribution in [0.1, 0.15) is 36.1 Å². The van der Waals surface area contributed by atoms with Crippen molar-refractivity contribution < 1.29 is 14.5 Å². The smallest absolute Gasteiger partial charge is 0.269 e. The van der Waals surface area contributed by atoms with Crippen LogP contribution in [0.2, 0.25) is 0 Å². The van der Waals surface area contributed by atoms with E-state index < -0.39 is 4.92 Å². The van der Waals surface area contributed by atoms with Crippen molar-refractivity contribution in [3.63, 3.8) is 0 Å². The first kappa shape index (κ1) is 17.2. The summed E-state index contributed by atoms with van der Waals surface area (Å²) >= 11 is 0. The second-order valence-corrected chi connectivity index (χ2v) is 6.81. The number of carbonyl (C=O) groups is 1. The number of amides is 1. The van der Waals surface area contributed by atoms with Gasteiger partial charge >= 0.3 is 0 Å². The van der Waals surface area contributed by atoms with E-state index >= 15 is 0 Å². The van der Waals surface area contributed by atoms with Gasteiger partial charge in [-0.1, -0.05) is 18.2 Å². The lowest BCUT2D eigenvalue weighted by molar-refractivity contribution is -0.384.